The molecule has 0 spiro atoms. The molecule has 122 valence electrons. The summed E-state index contributed by atoms with van der Waals surface area (Å²) in [6.45, 7) is -0.175. The van der Waals surface area contributed by atoms with Crippen LogP contribution in [0.25, 0.3) is 11.1 Å². The average molecular weight is 390 g/mol. The van der Waals surface area contributed by atoms with Gasteiger partial charge in [0.1, 0.15) is 0 Å². The first-order valence-electron chi connectivity index (χ1n) is 6.98. The van der Waals surface area contributed by atoms with Crippen LogP contribution in [0, 0.1) is 0 Å². The van der Waals surface area contributed by atoms with Crippen molar-refractivity contribution in [2.24, 2.45) is 0 Å². The highest BCUT2D eigenvalue weighted by Crippen LogP contribution is 2.16. The van der Waals surface area contributed by atoms with E-state index >= 15 is 0 Å². The molecule has 2 amide bonds. The Labute approximate surface area is 144 Å². The van der Waals surface area contributed by atoms with Gasteiger partial charge in [-0.3, -0.25) is 14.6 Å². The third kappa shape index (κ3) is 3.72. The number of amides is 2. The molecule has 3 aromatic rings. The summed E-state index contributed by atoms with van der Waals surface area (Å²) in [4.78, 5) is 37.5. The van der Waals surface area contributed by atoms with Crippen LogP contribution in [-0.4, -0.2) is 23.3 Å². The summed E-state index contributed by atoms with van der Waals surface area (Å²) in [6.07, 6.45) is 0. The van der Waals surface area contributed by atoms with E-state index in [0.717, 1.165) is 4.47 Å². The number of oxazole rings is 1. The minimum atomic E-state index is -0.560. The highest BCUT2D eigenvalue weighted by atomic mass is 79.9. The monoisotopic (exact) mass is 389 g/mol. The molecule has 7 nitrogen and oxygen atoms in total. The number of halogens is 1. The number of aromatic nitrogens is 1. The number of aromatic amines is 1. The molecule has 2 aromatic carbocycles. The van der Waals surface area contributed by atoms with Crippen LogP contribution in [0.5, 0.6) is 0 Å². The van der Waals surface area contributed by atoms with Gasteiger partial charge in [0.05, 0.1) is 12.1 Å². The van der Waals surface area contributed by atoms with Crippen molar-refractivity contribution in [3.8, 4) is 0 Å². The first-order chi connectivity index (χ1) is 11.5. The quantitative estimate of drug-likeness (QED) is 0.636. The van der Waals surface area contributed by atoms with Gasteiger partial charge >= 0.3 is 5.76 Å². The zero-order valence-electron chi connectivity index (χ0n) is 12.3. The Bertz CT molecular complexity index is 977. The number of carbonyl (C=O) groups excluding carboxylic acids is 2. The van der Waals surface area contributed by atoms with Gasteiger partial charge in [0.25, 0.3) is 5.91 Å². The van der Waals surface area contributed by atoms with Gasteiger partial charge in [-0.1, -0.05) is 22.0 Å². The molecule has 0 saturated carbocycles. The Balaban J connectivity index is 1.60. The Kier molecular flexibility index (Phi) is 4.48. The minimum Gasteiger partial charge on any atom is -0.408 e. The van der Waals surface area contributed by atoms with Gasteiger partial charge in [0.15, 0.2) is 5.58 Å². The van der Waals surface area contributed by atoms with E-state index in [1.165, 1.54) is 0 Å². The maximum Gasteiger partial charge on any atom is 0.417 e. The van der Waals surface area contributed by atoms with Gasteiger partial charge in [0, 0.05) is 15.7 Å². The Morgan fingerprint density at radius 3 is 2.79 bits per heavy atom. The van der Waals surface area contributed by atoms with Crippen LogP contribution in [0.4, 0.5) is 5.69 Å². The van der Waals surface area contributed by atoms with Crippen LogP contribution in [0.2, 0.25) is 0 Å². The van der Waals surface area contributed by atoms with Crippen LogP contribution >= 0.6 is 15.9 Å². The van der Waals surface area contributed by atoms with Crippen molar-refractivity contribution >= 4 is 44.5 Å². The molecule has 0 atom stereocenters. The second kappa shape index (κ2) is 6.71. The van der Waals surface area contributed by atoms with E-state index in [1.807, 2.05) is 0 Å². The molecule has 0 unspecified atom stereocenters. The molecule has 0 radical (unpaired) electrons. The third-order valence-corrected chi connectivity index (χ3v) is 3.69. The molecule has 0 aliphatic rings. The van der Waals surface area contributed by atoms with E-state index < -0.39 is 5.76 Å². The lowest BCUT2D eigenvalue weighted by atomic mass is 10.2. The third-order valence-electron chi connectivity index (χ3n) is 3.20. The Morgan fingerprint density at radius 2 is 2.00 bits per heavy atom. The van der Waals surface area contributed by atoms with Crippen LogP contribution < -0.4 is 16.4 Å². The molecule has 24 heavy (non-hydrogen) atoms. The van der Waals surface area contributed by atoms with E-state index in [-0.39, 0.29) is 18.4 Å². The summed E-state index contributed by atoms with van der Waals surface area (Å²) in [7, 11) is 0. The highest BCUT2D eigenvalue weighted by Gasteiger charge is 2.09. The second-order valence-corrected chi connectivity index (χ2v) is 5.88. The first kappa shape index (κ1) is 16.0. The lowest BCUT2D eigenvalue weighted by Gasteiger charge is -2.07. The van der Waals surface area contributed by atoms with E-state index in [1.54, 1.807) is 42.5 Å². The van der Waals surface area contributed by atoms with E-state index in [9.17, 15) is 14.4 Å². The molecule has 3 rings (SSSR count). The number of carbonyl (C=O) groups is 2. The minimum absolute atomic E-state index is 0.175. The van der Waals surface area contributed by atoms with Gasteiger partial charge < -0.3 is 15.1 Å². The molecular weight excluding hydrogens is 378 g/mol. The molecular formula is C16H12BrN3O4. The summed E-state index contributed by atoms with van der Waals surface area (Å²) < 4.78 is 5.66. The van der Waals surface area contributed by atoms with Crippen LogP contribution in [0.3, 0.4) is 0 Å². The molecule has 0 aliphatic carbocycles. The largest absolute Gasteiger partial charge is 0.417 e. The number of fused-ring (bicyclic) bond motifs is 1. The fourth-order valence-corrected chi connectivity index (χ4v) is 2.53. The number of benzene rings is 2. The second-order valence-electron chi connectivity index (χ2n) is 4.97. The van der Waals surface area contributed by atoms with Crippen molar-refractivity contribution in [2.75, 3.05) is 11.9 Å². The fraction of sp³-hybridized carbons (Fsp3) is 0.0625. The molecule has 1 aromatic heterocycles. The number of nitrogens with one attached hydrogen (secondary N) is 3. The van der Waals surface area contributed by atoms with Crippen molar-refractivity contribution in [1.82, 2.24) is 10.3 Å². The van der Waals surface area contributed by atoms with Gasteiger partial charge in [0.2, 0.25) is 5.91 Å². The fourth-order valence-electron chi connectivity index (χ4n) is 2.13. The standard InChI is InChI=1S/C16H12BrN3O4/c17-10-3-1-2-9(6-10)15(22)18-8-14(21)19-11-4-5-13-12(7-11)20-16(23)24-13/h1-7H,8H2,(H,18,22)(H,19,21)(H,20,23). The van der Waals surface area contributed by atoms with Gasteiger partial charge in [-0.05, 0) is 36.4 Å². The van der Waals surface area contributed by atoms with Gasteiger partial charge in [-0.15, -0.1) is 0 Å². The molecule has 3 N–H and O–H groups in total. The summed E-state index contributed by atoms with van der Waals surface area (Å²) in [5, 5.41) is 5.17. The zero-order valence-corrected chi connectivity index (χ0v) is 13.8. The number of rotatable bonds is 4. The number of H-pyrrole nitrogens is 1. The normalized spacial score (nSPS) is 10.5. The lowest BCUT2D eigenvalue weighted by molar-refractivity contribution is -0.115. The Hall–Kier alpha value is -2.87. The molecule has 1 heterocycles. The van der Waals surface area contributed by atoms with E-state index in [0.29, 0.717) is 22.4 Å². The highest BCUT2D eigenvalue weighted by molar-refractivity contribution is 9.10. The van der Waals surface area contributed by atoms with Gasteiger partial charge in [-0.25, -0.2) is 4.79 Å². The number of hydrogen-bond donors (Lipinski definition) is 3. The van der Waals surface area contributed by atoms with E-state index in [4.69, 9.17) is 4.42 Å². The summed E-state index contributed by atoms with van der Waals surface area (Å²) >= 11 is 3.28. The predicted octanol–water partition coefficient (Wildman–Crippen LogP) is 2.25. The van der Waals surface area contributed by atoms with Crippen molar-refractivity contribution in [3.05, 3.63) is 63.1 Å². The summed E-state index contributed by atoms with van der Waals surface area (Å²) in [5.74, 6) is -1.29. The topological polar surface area (TPSA) is 104 Å². The maximum absolute atomic E-state index is 12.0. The van der Waals surface area contributed by atoms with Crippen LogP contribution in [-0.2, 0) is 4.79 Å². The average Bonchev–Trinajstić information content (AvgIpc) is 2.92. The van der Waals surface area contributed by atoms with Crippen LogP contribution in [0.15, 0.2) is 56.1 Å². The van der Waals surface area contributed by atoms with Crippen molar-refractivity contribution in [2.45, 2.75) is 0 Å². The molecule has 0 bridgehead atoms. The van der Waals surface area contributed by atoms with Crippen LogP contribution in [0.1, 0.15) is 10.4 Å². The molecule has 8 heteroatoms. The van der Waals surface area contributed by atoms with Crippen molar-refractivity contribution in [1.29, 1.82) is 0 Å². The lowest BCUT2D eigenvalue weighted by Crippen LogP contribution is -2.32. The predicted molar refractivity (Wildman–Crippen MR) is 91.9 cm³/mol. The molecule has 0 saturated heterocycles. The first-order valence-corrected chi connectivity index (χ1v) is 7.77. The van der Waals surface area contributed by atoms with E-state index in [2.05, 4.69) is 31.5 Å². The van der Waals surface area contributed by atoms with Crippen molar-refractivity contribution < 1.29 is 14.0 Å². The summed E-state index contributed by atoms with van der Waals surface area (Å²) in [6, 6.07) is 11.6. The molecule has 0 aliphatic heterocycles. The smallest absolute Gasteiger partial charge is 0.408 e. The number of hydrogen-bond acceptors (Lipinski definition) is 4. The molecule has 0 fully saturated rings. The maximum atomic E-state index is 12.0. The summed E-state index contributed by atoms with van der Waals surface area (Å²) in [5.41, 5.74) is 1.83. The van der Waals surface area contributed by atoms with Crippen molar-refractivity contribution in [3.63, 3.8) is 0 Å². The zero-order chi connectivity index (χ0) is 17.1. The Morgan fingerprint density at radius 1 is 1.17 bits per heavy atom. The van der Waals surface area contributed by atoms with Gasteiger partial charge in [-0.2, -0.15) is 0 Å². The SMILES string of the molecule is O=C(CNC(=O)c1cccc(Br)c1)Nc1ccc2oc(=O)[nH]c2c1. The number of anilines is 1.